The topological polar surface area (TPSA) is 75.3 Å². The second-order valence-electron chi connectivity index (χ2n) is 5.43. The van der Waals surface area contributed by atoms with Crippen LogP contribution in [-0.4, -0.2) is 31.0 Å². The molecule has 0 unspecified atom stereocenters. The summed E-state index contributed by atoms with van der Waals surface area (Å²) < 4.78 is 1.51. The molecule has 0 saturated carbocycles. The third-order valence-electron chi connectivity index (χ3n) is 3.47. The fraction of sp³-hybridized carbons (Fsp3) is 0.312. The van der Waals surface area contributed by atoms with E-state index in [-0.39, 0.29) is 6.04 Å². The van der Waals surface area contributed by atoms with Crippen molar-refractivity contribution in [3.63, 3.8) is 0 Å². The predicted molar refractivity (Wildman–Crippen MR) is 84.6 cm³/mol. The van der Waals surface area contributed by atoms with E-state index in [2.05, 4.69) is 20.5 Å². The van der Waals surface area contributed by atoms with Gasteiger partial charge in [0.1, 0.15) is 11.6 Å². The van der Waals surface area contributed by atoms with Crippen LogP contribution in [0.25, 0.3) is 5.65 Å². The van der Waals surface area contributed by atoms with Crippen LogP contribution in [0.1, 0.15) is 30.8 Å². The maximum atomic E-state index is 10.3. The highest BCUT2D eigenvalue weighted by Crippen LogP contribution is 2.19. The maximum Gasteiger partial charge on any atom is 0.176 e. The summed E-state index contributed by atoms with van der Waals surface area (Å²) in [6.07, 6.45) is 0.0983. The van der Waals surface area contributed by atoms with Crippen molar-refractivity contribution >= 4 is 11.5 Å². The van der Waals surface area contributed by atoms with E-state index in [4.69, 9.17) is 0 Å². The number of aryl methyl sites for hydroxylation is 1. The van der Waals surface area contributed by atoms with Gasteiger partial charge in [0, 0.05) is 6.04 Å². The van der Waals surface area contributed by atoms with Gasteiger partial charge in [-0.15, -0.1) is 14.8 Å². The summed E-state index contributed by atoms with van der Waals surface area (Å²) in [6.45, 7) is 3.85. The molecule has 0 saturated heterocycles. The summed E-state index contributed by atoms with van der Waals surface area (Å²) in [5.41, 5.74) is 1.64. The Hall–Kier alpha value is -2.47. The zero-order valence-electron chi connectivity index (χ0n) is 12.6. The van der Waals surface area contributed by atoms with E-state index < -0.39 is 6.10 Å². The molecule has 0 bridgehead atoms. The Labute approximate surface area is 128 Å². The van der Waals surface area contributed by atoms with E-state index in [9.17, 15) is 5.11 Å². The molecule has 2 atom stereocenters. The minimum absolute atomic E-state index is 0.0739. The van der Waals surface area contributed by atoms with Gasteiger partial charge in [0.15, 0.2) is 5.65 Å². The average Bonchev–Trinajstić information content (AvgIpc) is 2.87. The van der Waals surface area contributed by atoms with Gasteiger partial charge in [0.25, 0.3) is 0 Å². The Morgan fingerprint density at radius 1 is 1.14 bits per heavy atom. The van der Waals surface area contributed by atoms with Crippen LogP contribution in [0.4, 0.5) is 5.82 Å². The number of aromatic nitrogens is 4. The number of benzene rings is 1. The van der Waals surface area contributed by atoms with Crippen LogP contribution in [0.15, 0.2) is 42.5 Å². The SMILES string of the molecule is Cc1nc2ccc(N[C@H](C)C[C@@H](O)c3ccccc3)nn2n1. The van der Waals surface area contributed by atoms with Crippen LogP contribution in [-0.2, 0) is 0 Å². The molecule has 1 aromatic carbocycles. The Balaban J connectivity index is 1.66. The van der Waals surface area contributed by atoms with Crippen molar-refractivity contribution in [3.8, 4) is 0 Å². The molecule has 0 aliphatic rings. The van der Waals surface area contributed by atoms with Crippen LogP contribution >= 0.6 is 0 Å². The largest absolute Gasteiger partial charge is 0.388 e. The van der Waals surface area contributed by atoms with Crippen molar-refractivity contribution in [3.05, 3.63) is 53.9 Å². The predicted octanol–water partition coefficient (Wildman–Crippen LogP) is 2.36. The lowest BCUT2D eigenvalue weighted by Gasteiger charge is -2.18. The van der Waals surface area contributed by atoms with Gasteiger partial charge in [-0.1, -0.05) is 30.3 Å². The molecule has 0 radical (unpaired) electrons. The van der Waals surface area contributed by atoms with Crippen LogP contribution < -0.4 is 5.32 Å². The summed E-state index contributed by atoms with van der Waals surface area (Å²) >= 11 is 0. The molecular weight excluding hydrogens is 278 g/mol. The third-order valence-corrected chi connectivity index (χ3v) is 3.47. The second kappa shape index (κ2) is 6.11. The zero-order valence-corrected chi connectivity index (χ0v) is 12.6. The van der Waals surface area contributed by atoms with Gasteiger partial charge in [-0.05, 0) is 38.0 Å². The zero-order chi connectivity index (χ0) is 15.5. The van der Waals surface area contributed by atoms with Crippen molar-refractivity contribution in [1.29, 1.82) is 0 Å². The molecule has 3 aromatic rings. The minimum Gasteiger partial charge on any atom is -0.388 e. The highest BCUT2D eigenvalue weighted by Gasteiger charge is 2.13. The Bertz CT molecular complexity index is 756. The monoisotopic (exact) mass is 297 g/mol. The minimum atomic E-state index is -0.499. The summed E-state index contributed by atoms with van der Waals surface area (Å²) in [5, 5.41) is 22.1. The number of hydrogen-bond donors (Lipinski definition) is 2. The number of nitrogens with one attached hydrogen (secondary N) is 1. The number of aliphatic hydroxyl groups excluding tert-OH is 1. The van der Waals surface area contributed by atoms with Gasteiger partial charge in [-0.3, -0.25) is 0 Å². The summed E-state index contributed by atoms with van der Waals surface area (Å²) in [5.74, 6) is 1.40. The number of rotatable bonds is 5. The smallest absolute Gasteiger partial charge is 0.176 e. The molecule has 2 N–H and O–H groups in total. The van der Waals surface area contributed by atoms with Crippen LogP contribution in [0.5, 0.6) is 0 Å². The second-order valence-corrected chi connectivity index (χ2v) is 5.43. The summed E-state index contributed by atoms with van der Waals surface area (Å²) in [6, 6.07) is 13.5. The van der Waals surface area contributed by atoms with E-state index in [0.717, 1.165) is 11.2 Å². The first-order valence-electron chi connectivity index (χ1n) is 7.32. The van der Waals surface area contributed by atoms with Gasteiger partial charge < -0.3 is 10.4 Å². The first-order chi connectivity index (χ1) is 10.6. The van der Waals surface area contributed by atoms with Crippen molar-refractivity contribution in [2.24, 2.45) is 0 Å². The van der Waals surface area contributed by atoms with E-state index >= 15 is 0 Å². The van der Waals surface area contributed by atoms with Crippen molar-refractivity contribution in [2.75, 3.05) is 5.32 Å². The fourth-order valence-electron chi connectivity index (χ4n) is 2.42. The number of anilines is 1. The van der Waals surface area contributed by atoms with Gasteiger partial charge in [-0.25, -0.2) is 4.98 Å². The number of fused-ring (bicyclic) bond motifs is 1. The first kappa shape index (κ1) is 14.5. The molecule has 2 heterocycles. The lowest BCUT2D eigenvalue weighted by atomic mass is 10.0. The standard InChI is InChI=1S/C16H19N5O/c1-11(10-14(22)13-6-4-3-5-7-13)17-15-8-9-16-18-12(2)19-21(16)20-15/h3-9,11,14,22H,10H2,1-2H3,(H,17,20)/t11-,14-/m1/s1. The average molecular weight is 297 g/mol. The van der Waals surface area contributed by atoms with E-state index in [1.165, 1.54) is 4.63 Å². The first-order valence-corrected chi connectivity index (χ1v) is 7.32. The molecule has 3 rings (SSSR count). The molecule has 6 heteroatoms. The Morgan fingerprint density at radius 3 is 2.68 bits per heavy atom. The molecule has 2 aromatic heterocycles. The lowest BCUT2D eigenvalue weighted by Crippen LogP contribution is -2.20. The highest BCUT2D eigenvalue weighted by atomic mass is 16.3. The molecule has 0 aliphatic carbocycles. The number of aliphatic hydroxyl groups is 1. The van der Waals surface area contributed by atoms with Gasteiger partial charge >= 0.3 is 0 Å². The fourth-order valence-corrected chi connectivity index (χ4v) is 2.42. The van der Waals surface area contributed by atoms with Crippen LogP contribution in [0, 0.1) is 6.92 Å². The van der Waals surface area contributed by atoms with Crippen LogP contribution in [0.2, 0.25) is 0 Å². The summed E-state index contributed by atoms with van der Waals surface area (Å²) in [7, 11) is 0. The van der Waals surface area contributed by atoms with Crippen molar-refractivity contribution in [1.82, 2.24) is 19.8 Å². The quantitative estimate of drug-likeness (QED) is 0.756. The maximum absolute atomic E-state index is 10.3. The molecule has 22 heavy (non-hydrogen) atoms. The molecule has 114 valence electrons. The lowest BCUT2D eigenvalue weighted by molar-refractivity contribution is 0.162. The molecule has 0 amide bonds. The normalized spacial score (nSPS) is 14.0. The van der Waals surface area contributed by atoms with Gasteiger partial charge in [-0.2, -0.15) is 0 Å². The van der Waals surface area contributed by atoms with E-state index in [0.29, 0.717) is 18.1 Å². The molecule has 0 spiro atoms. The van der Waals surface area contributed by atoms with Crippen molar-refractivity contribution in [2.45, 2.75) is 32.4 Å². The van der Waals surface area contributed by atoms with E-state index in [1.807, 2.05) is 56.3 Å². The number of hydrogen-bond acceptors (Lipinski definition) is 5. The van der Waals surface area contributed by atoms with Gasteiger partial charge in [0.2, 0.25) is 0 Å². The third kappa shape index (κ3) is 3.23. The van der Waals surface area contributed by atoms with Gasteiger partial charge in [0.05, 0.1) is 6.10 Å². The van der Waals surface area contributed by atoms with E-state index in [1.54, 1.807) is 0 Å². The molecule has 0 aliphatic heterocycles. The Kier molecular flexibility index (Phi) is 4.02. The number of nitrogens with zero attached hydrogens (tertiary/aromatic N) is 4. The molecule has 6 nitrogen and oxygen atoms in total. The molecular formula is C16H19N5O. The summed E-state index contributed by atoms with van der Waals surface area (Å²) in [4.78, 5) is 4.24. The Morgan fingerprint density at radius 2 is 1.91 bits per heavy atom. The van der Waals surface area contributed by atoms with Crippen molar-refractivity contribution < 1.29 is 5.11 Å². The molecule has 0 fully saturated rings. The van der Waals surface area contributed by atoms with Crippen LogP contribution in [0.3, 0.4) is 0 Å². The highest BCUT2D eigenvalue weighted by molar-refractivity contribution is 5.43.